The Morgan fingerprint density at radius 1 is 1.06 bits per heavy atom. The zero-order valence-electron chi connectivity index (χ0n) is 11.7. The van der Waals surface area contributed by atoms with Crippen molar-refractivity contribution in [1.82, 2.24) is 0 Å². The van der Waals surface area contributed by atoms with Gasteiger partial charge in [0, 0.05) is 16.5 Å². The number of carbonyl (C=O) groups is 1. The molecule has 1 aromatic carbocycles. The third-order valence-corrected chi connectivity index (χ3v) is 2.34. The molecule has 0 unspecified atom stereocenters. The molecule has 0 saturated heterocycles. The lowest BCUT2D eigenvalue weighted by atomic mass is 9.86. The number of hydrogen-bond acceptors (Lipinski definition) is 2. The van der Waals surface area contributed by atoms with Crippen molar-refractivity contribution in [2.75, 3.05) is 0 Å². The minimum Gasteiger partial charge on any atom is -0.378 e. The number of rotatable bonds is 1. The summed E-state index contributed by atoms with van der Waals surface area (Å²) in [7, 11) is 0. The maximum atomic E-state index is 12.0. The monoisotopic (exact) mass is 244 g/mol. The van der Waals surface area contributed by atoms with Crippen LogP contribution in [0.4, 0.5) is 0 Å². The van der Waals surface area contributed by atoms with E-state index in [4.69, 9.17) is 0 Å². The predicted molar refractivity (Wildman–Crippen MR) is 73.4 cm³/mol. The molecule has 0 heterocycles. The van der Waals surface area contributed by atoms with E-state index in [0.29, 0.717) is 5.56 Å². The predicted octanol–water partition coefficient (Wildman–Crippen LogP) is 3.04. The first kappa shape index (κ1) is 14.5. The number of ketones is 1. The third-order valence-electron chi connectivity index (χ3n) is 2.34. The molecule has 2 heteroatoms. The van der Waals surface area contributed by atoms with Gasteiger partial charge in [0.1, 0.15) is 5.60 Å². The van der Waals surface area contributed by atoms with Gasteiger partial charge in [-0.1, -0.05) is 44.7 Å². The van der Waals surface area contributed by atoms with E-state index in [1.54, 1.807) is 38.1 Å². The first-order valence-corrected chi connectivity index (χ1v) is 6.00. The van der Waals surface area contributed by atoms with E-state index in [0.717, 1.165) is 5.56 Å². The zero-order chi connectivity index (χ0) is 14.0. The van der Waals surface area contributed by atoms with Gasteiger partial charge < -0.3 is 5.11 Å². The molecule has 0 saturated carbocycles. The Bertz CT molecular complexity index is 485. The Labute approximate surface area is 109 Å². The molecular formula is C16H20O2. The van der Waals surface area contributed by atoms with E-state index in [1.807, 2.05) is 20.8 Å². The quantitative estimate of drug-likeness (QED) is 0.609. The molecule has 1 N–H and O–H groups in total. The van der Waals surface area contributed by atoms with Gasteiger partial charge in [0.15, 0.2) is 5.78 Å². The minimum absolute atomic E-state index is 0.115. The molecule has 1 rings (SSSR count). The number of hydrogen-bond donors (Lipinski definition) is 1. The molecule has 0 fully saturated rings. The molecule has 96 valence electrons. The number of Topliss-reactive ketones (excluding diaryl/α,β-unsaturated/α-hetero) is 1. The van der Waals surface area contributed by atoms with E-state index in [-0.39, 0.29) is 11.2 Å². The topological polar surface area (TPSA) is 37.3 Å². The van der Waals surface area contributed by atoms with Gasteiger partial charge in [-0.05, 0) is 26.0 Å². The molecule has 0 radical (unpaired) electrons. The highest BCUT2D eigenvalue weighted by atomic mass is 16.3. The van der Waals surface area contributed by atoms with Crippen molar-refractivity contribution in [1.29, 1.82) is 0 Å². The van der Waals surface area contributed by atoms with Crippen LogP contribution in [0.2, 0.25) is 0 Å². The smallest absolute Gasteiger partial charge is 0.168 e. The van der Waals surface area contributed by atoms with Crippen molar-refractivity contribution in [3.8, 4) is 11.8 Å². The normalized spacial score (nSPS) is 11.7. The Kier molecular flexibility index (Phi) is 3.98. The summed E-state index contributed by atoms with van der Waals surface area (Å²) in [6.45, 7) is 8.97. The summed E-state index contributed by atoms with van der Waals surface area (Å²) in [4.78, 5) is 12.0. The van der Waals surface area contributed by atoms with Gasteiger partial charge in [-0.3, -0.25) is 4.79 Å². The van der Waals surface area contributed by atoms with E-state index in [2.05, 4.69) is 11.8 Å². The molecule has 0 bridgehead atoms. The van der Waals surface area contributed by atoms with Gasteiger partial charge in [0.25, 0.3) is 0 Å². The molecule has 0 atom stereocenters. The second-order valence-corrected chi connectivity index (χ2v) is 5.97. The molecule has 18 heavy (non-hydrogen) atoms. The highest BCUT2D eigenvalue weighted by Crippen LogP contribution is 2.20. The first-order chi connectivity index (χ1) is 8.09. The van der Waals surface area contributed by atoms with Crippen LogP contribution in [0.3, 0.4) is 0 Å². The van der Waals surface area contributed by atoms with Gasteiger partial charge in [0.2, 0.25) is 0 Å². The summed E-state index contributed by atoms with van der Waals surface area (Å²) in [6.07, 6.45) is 0. The summed E-state index contributed by atoms with van der Waals surface area (Å²) in [5.41, 5.74) is 0.110. The van der Waals surface area contributed by atoms with Gasteiger partial charge in [-0.25, -0.2) is 0 Å². The Morgan fingerprint density at radius 2 is 1.56 bits per heavy atom. The van der Waals surface area contributed by atoms with Crippen molar-refractivity contribution >= 4 is 5.78 Å². The van der Waals surface area contributed by atoms with Gasteiger partial charge in [-0.15, -0.1) is 0 Å². The van der Waals surface area contributed by atoms with Gasteiger partial charge in [-0.2, -0.15) is 0 Å². The van der Waals surface area contributed by atoms with E-state index < -0.39 is 5.60 Å². The van der Waals surface area contributed by atoms with Gasteiger partial charge >= 0.3 is 0 Å². The van der Waals surface area contributed by atoms with Crippen LogP contribution in [0.5, 0.6) is 0 Å². The van der Waals surface area contributed by atoms with E-state index >= 15 is 0 Å². The SMILES string of the molecule is CC(C)(O)C#Cc1ccc(C(=O)C(C)(C)C)cc1. The molecule has 1 aromatic rings. The number of aliphatic hydroxyl groups is 1. The van der Waals surface area contributed by atoms with Crippen molar-refractivity contribution in [2.45, 2.75) is 40.2 Å². The Hall–Kier alpha value is -1.59. The number of benzene rings is 1. The van der Waals surface area contributed by atoms with Gasteiger partial charge in [0.05, 0.1) is 0 Å². The highest BCUT2D eigenvalue weighted by Gasteiger charge is 2.22. The van der Waals surface area contributed by atoms with Crippen LogP contribution in [0.25, 0.3) is 0 Å². The number of carbonyl (C=O) groups excluding carboxylic acids is 1. The van der Waals surface area contributed by atoms with Crippen LogP contribution in [0.1, 0.15) is 50.5 Å². The summed E-state index contributed by atoms with van der Waals surface area (Å²) >= 11 is 0. The fourth-order valence-corrected chi connectivity index (χ4v) is 1.36. The fourth-order valence-electron chi connectivity index (χ4n) is 1.36. The standard InChI is InChI=1S/C16H20O2/c1-15(2,3)14(17)13-8-6-12(7-9-13)10-11-16(4,5)18/h6-9,18H,1-5H3. The van der Waals surface area contributed by atoms with Crippen molar-refractivity contribution < 1.29 is 9.90 Å². The fraction of sp³-hybridized carbons (Fsp3) is 0.438. The summed E-state index contributed by atoms with van der Waals surface area (Å²) in [5.74, 6) is 5.73. The second-order valence-electron chi connectivity index (χ2n) is 5.97. The maximum Gasteiger partial charge on any atom is 0.168 e. The average molecular weight is 244 g/mol. The third kappa shape index (κ3) is 4.35. The van der Waals surface area contributed by atoms with Crippen LogP contribution < -0.4 is 0 Å². The molecule has 0 aliphatic rings. The summed E-state index contributed by atoms with van der Waals surface area (Å²) < 4.78 is 0. The van der Waals surface area contributed by atoms with Crippen LogP contribution in [-0.4, -0.2) is 16.5 Å². The molecular weight excluding hydrogens is 224 g/mol. The Morgan fingerprint density at radius 3 is 1.94 bits per heavy atom. The van der Waals surface area contributed by atoms with Crippen molar-refractivity contribution in [3.05, 3.63) is 35.4 Å². The van der Waals surface area contributed by atoms with Crippen LogP contribution >= 0.6 is 0 Å². The average Bonchev–Trinajstić information content (AvgIpc) is 2.24. The maximum absolute atomic E-state index is 12.0. The molecule has 0 aromatic heterocycles. The van der Waals surface area contributed by atoms with Crippen LogP contribution in [0.15, 0.2) is 24.3 Å². The highest BCUT2D eigenvalue weighted by molar-refractivity contribution is 5.99. The van der Waals surface area contributed by atoms with Crippen LogP contribution in [-0.2, 0) is 0 Å². The lowest BCUT2D eigenvalue weighted by Crippen LogP contribution is -2.20. The minimum atomic E-state index is -1.00. The Balaban J connectivity index is 2.93. The van der Waals surface area contributed by atoms with Crippen LogP contribution in [0, 0.1) is 17.3 Å². The van der Waals surface area contributed by atoms with E-state index in [9.17, 15) is 9.90 Å². The molecule has 0 amide bonds. The lowest BCUT2D eigenvalue weighted by molar-refractivity contribution is 0.0858. The van der Waals surface area contributed by atoms with Crippen molar-refractivity contribution in [3.63, 3.8) is 0 Å². The first-order valence-electron chi connectivity index (χ1n) is 6.00. The molecule has 0 aliphatic heterocycles. The molecule has 0 aliphatic carbocycles. The summed E-state index contributed by atoms with van der Waals surface area (Å²) in [6, 6.07) is 7.17. The zero-order valence-corrected chi connectivity index (χ0v) is 11.7. The van der Waals surface area contributed by atoms with E-state index in [1.165, 1.54) is 0 Å². The second kappa shape index (κ2) is 4.96. The lowest BCUT2D eigenvalue weighted by Gasteiger charge is -2.16. The molecule has 0 spiro atoms. The van der Waals surface area contributed by atoms with Crippen molar-refractivity contribution in [2.24, 2.45) is 5.41 Å². The summed E-state index contributed by atoms with van der Waals surface area (Å²) in [5, 5.41) is 9.50. The largest absolute Gasteiger partial charge is 0.378 e. The molecule has 2 nitrogen and oxygen atoms in total.